The molecule has 1 saturated carbocycles. The monoisotopic (exact) mass is 564 g/mol. The molecule has 3 aromatic rings. The van der Waals surface area contributed by atoms with Crippen LogP contribution in [0.1, 0.15) is 61.5 Å². The van der Waals surface area contributed by atoms with Crippen LogP contribution in [0, 0.1) is 19.3 Å². The fourth-order valence-electron chi connectivity index (χ4n) is 5.17. The molecule has 1 unspecified atom stereocenters. The third-order valence-electron chi connectivity index (χ3n) is 6.96. The molecule has 212 valence electrons. The minimum Gasteiger partial charge on any atom is -0.475 e. The number of carbonyl (C=O) groups is 2. The van der Waals surface area contributed by atoms with Crippen LogP contribution in [-0.2, 0) is 15.9 Å². The molecule has 1 aromatic heterocycles. The zero-order chi connectivity index (χ0) is 29.2. The number of carbonyl (C=O) groups excluding carboxylic acids is 2. The third kappa shape index (κ3) is 6.92. The molecule has 3 N–H and O–H groups in total. The normalized spacial score (nSPS) is 15.3. The second-order valence-electron chi connectivity index (χ2n) is 11.5. The summed E-state index contributed by atoms with van der Waals surface area (Å²) in [4.78, 5) is 36.5. The molecule has 2 atom stereocenters. The first kappa shape index (κ1) is 29.4. The molecule has 0 aliphatic heterocycles. The van der Waals surface area contributed by atoms with Gasteiger partial charge >= 0.3 is 0 Å². The van der Waals surface area contributed by atoms with E-state index in [1.165, 1.54) is 12.1 Å². The van der Waals surface area contributed by atoms with Crippen LogP contribution in [0.15, 0.2) is 53.4 Å². The van der Waals surface area contributed by atoms with Crippen LogP contribution in [0.2, 0.25) is 0 Å². The Balaban J connectivity index is 1.67. The first-order valence-corrected chi connectivity index (χ1v) is 14.3. The van der Waals surface area contributed by atoms with E-state index in [0.717, 1.165) is 16.7 Å². The standard InChI is InChI=1S/C30H36N4O5S/c1-18-8-6-9-19(2)27(18)25-15-26(33-29(31)32-25)39-17-22(16-30(3,4)5)34(21-13-23(35)14-21)28(36)20-10-7-11-24(12-20)40(37)38/h6-12,15,21-22H,13-14,16-17H2,1-5H3,(H,37,38)(H2,31,32,33)/t22-/m1/s1. The van der Waals surface area contributed by atoms with Crippen LogP contribution >= 0.6 is 0 Å². The zero-order valence-corrected chi connectivity index (χ0v) is 24.3. The van der Waals surface area contributed by atoms with Gasteiger partial charge in [-0.25, -0.2) is 9.19 Å². The lowest BCUT2D eigenvalue weighted by Crippen LogP contribution is -2.55. The van der Waals surface area contributed by atoms with Gasteiger partial charge in [0.15, 0.2) is 11.1 Å². The SMILES string of the molecule is Cc1cccc(C)c1-c1cc(OC[C@@H](CC(C)(C)C)N(C(=O)c2cccc(S(=O)O)c2)C2CC(=O)C2)nc(N)n1. The lowest BCUT2D eigenvalue weighted by atomic mass is 9.83. The largest absolute Gasteiger partial charge is 0.475 e. The zero-order valence-electron chi connectivity index (χ0n) is 23.5. The number of ether oxygens (including phenoxy) is 1. The van der Waals surface area contributed by atoms with Crippen LogP contribution in [0.3, 0.4) is 0 Å². The fourth-order valence-corrected chi connectivity index (χ4v) is 5.59. The summed E-state index contributed by atoms with van der Waals surface area (Å²) in [5.41, 5.74) is 9.88. The molecule has 1 aliphatic rings. The van der Waals surface area contributed by atoms with Gasteiger partial charge in [-0.3, -0.25) is 9.59 Å². The van der Waals surface area contributed by atoms with Gasteiger partial charge in [-0.05, 0) is 55.0 Å². The number of amides is 1. The van der Waals surface area contributed by atoms with E-state index >= 15 is 0 Å². The average molecular weight is 565 g/mol. The van der Waals surface area contributed by atoms with E-state index in [1.54, 1.807) is 23.1 Å². The topological polar surface area (TPSA) is 136 Å². The lowest BCUT2D eigenvalue weighted by Gasteiger charge is -2.43. The van der Waals surface area contributed by atoms with Crippen LogP contribution in [0.5, 0.6) is 5.88 Å². The van der Waals surface area contributed by atoms with Crippen LogP contribution in [0.4, 0.5) is 5.95 Å². The molecule has 10 heteroatoms. The smallest absolute Gasteiger partial charge is 0.254 e. The van der Waals surface area contributed by atoms with E-state index in [9.17, 15) is 18.4 Å². The fraction of sp³-hybridized carbons (Fsp3) is 0.400. The Bertz CT molecular complexity index is 1420. The van der Waals surface area contributed by atoms with Gasteiger partial charge in [-0.15, -0.1) is 0 Å². The van der Waals surface area contributed by atoms with Crippen LogP contribution < -0.4 is 10.5 Å². The van der Waals surface area contributed by atoms with E-state index in [0.29, 0.717) is 18.0 Å². The molecular weight excluding hydrogens is 528 g/mol. The van der Waals surface area contributed by atoms with Gasteiger partial charge in [0.25, 0.3) is 5.91 Å². The molecule has 1 aliphatic carbocycles. The van der Waals surface area contributed by atoms with E-state index < -0.39 is 17.1 Å². The van der Waals surface area contributed by atoms with Crippen molar-refractivity contribution < 1.29 is 23.1 Å². The van der Waals surface area contributed by atoms with Crippen molar-refractivity contribution in [1.29, 1.82) is 0 Å². The number of hydrogen-bond donors (Lipinski definition) is 2. The van der Waals surface area contributed by atoms with E-state index in [4.69, 9.17) is 10.5 Å². The Morgan fingerprint density at radius 2 is 1.77 bits per heavy atom. The van der Waals surface area contributed by atoms with Crippen molar-refractivity contribution in [2.45, 2.75) is 70.9 Å². The van der Waals surface area contributed by atoms with Gasteiger partial charge in [0.2, 0.25) is 11.8 Å². The number of nitrogens with zero attached hydrogens (tertiary/aromatic N) is 3. The van der Waals surface area contributed by atoms with Gasteiger partial charge in [-0.1, -0.05) is 45.0 Å². The van der Waals surface area contributed by atoms with Crippen molar-refractivity contribution in [1.82, 2.24) is 14.9 Å². The highest BCUT2D eigenvalue weighted by molar-refractivity contribution is 7.79. The molecule has 0 radical (unpaired) electrons. The van der Waals surface area contributed by atoms with Crippen LogP contribution in [0.25, 0.3) is 11.3 Å². The highest BCUT2D eigenvalue weighted by Crippen LogP contribution is 2.33. The maximum atomic E-state index is 13.9. The summed E-state index contributed by atoms with van der Waals surface area (Å²) in [5, 5.41) is 0. The highest BCUT2D eigenvalue weighted by atomic mass is 32.2. The lowest BCUT2D eigenvalue weighted by molar-refractivity contribution is -0.128. The second kappa shape index (κ2) is 11.9. The van der Waals surface area contributed by atoms with Crippen molar-refractivity contribution in [2.75, 3.05) is 12.3 Å². The Labute approximate surface area is 237 Å². The molecule has 0 bridgehead atoms. The molecule has 4 rings (SSSR count). The second-order valence-corrected chi connectivity index (χ2v) is 12.5. The Kier molecular flexibility index (Phi) is 8.70. The number of benzene rings is 2. The van der Waals surface area contributed by atoms with Crippen molar-refractivity contribution in [3.05, 3.63) is 65.2 Å². The predicted molar refractivity (Wildman–Crippen MR) is 154 cm³/mol. The summed E-state index contributed by atoms with van der Waals surface area (Å²) in [6.07, 6.45) is 1.10. The third-order valence-corrected chi connectivity index (χ3v) is 7.62. The number of anilines is 1. The number of hydrogen-bond acceptors (Lipinski definition) is 7. The van der Waals surface area contributed by atoms with E-state index in [2.05, 4.69) is 30.7 Å². The quantitative estimate of drug-likeness (QED) is 0.347. The maximum absolute atomic E-state index is 13.9. The minimum absolute atomic E-state index is 0.0777. The molecule has 1 fully saturated rings. The number of aryl methyl sites for hydroxylation is 2. The molecule has 0 spiro atoms. The molecule has 1 heterocycles. The maximum Gasteiger partial charge on any atom is 0.254 e. The minimum atomic E-state index is -2.23. The molecule has 0 saturated heterocycles. The summed E-state index contributed by atoms with van der Waals surface area (Å²) in [5.74, 6) is 0.138. The van der Waals surface area contributed by atoms with Crippen molar-refractivity contribution >= 4 is 28.7 Å². The number of aromatic nitrogens is 2. The highest BCUT2D eigenvalue weighted by Gasteiger charge is 2.40. The number of ketones is 1. The first-order chi connectivity index (χ1) is 18.8. The van der Waals surface area contributed by atoms with E-state index in [-0.39, 0.29) is 59.0 Å². The van der Waals surface area contributed by atoms with Crippen LogP contribution in [-0.4, -0.2) is 54.0 Å². The van der Waals surface area contributed by atoms with E-state index in [1.807, 2.05) is 32.0 Å². The Morgan fingerprint density at radius 1 is 1.12 bits per heavy atom. The average Bonchev–Trinajstić information content (AvgIpc) is 2.85. The summed E-state index contributed by atoms with van der Waals surface area (Å²) in [7, 11) is 0. The number of Topliss-reactive ketones (excluding diaryl/α,β-unsaturated/α-hetero) is 1. The Hall–Kier alpha value is -3.63. The number of nitrogens with two attached hydrogens (primary N) is 1. The van der Waals surface area contributed by atoms with Crippen molar-refractivity contribution in [3.63, 3.8) is 0 Å². The predicted octanol–water partition coefficient (Wildman–Crippen LogP) is 4.98. The van der Waals surface area contributed by atoms with Crippen molar-refractivity contribution in [3.8, 4) is 17.1 Å². The van der Waals surface area contributed by atoms with Gasteiger partial charge in [-0.2, -0.15) is 4.98 Å². The van der Waals surface area contributed by atoms with Gasteiger partial charge in [0.1, 0.15) is 12.4 Å². The summed E-state index contributed by atoms with van der Waals surface area (Å²) < 4.78 is 27.4. The molecule has 1 amide bonds. The Morgan fingerprint density at radius 3 is 2.38 bits per heavy atom. The number of nitrogen functional groups attached to an aromatic ring is 1. The first-order valence-electron chi connectivity index (χ1n) is 13.2. The van der Waals surface area contributed by atoms with Gasteiger partial charge in [0, 0.05) is 36.1 Å². The van der Waals surface area contributed by atoms with Crippen molar-refractivity contribution in [2.24, 2.45) is 5.41 Å². The van der Waals surface area contributed by atoms with Gasteiger partial charge < -0.3 is 19.9 Å². The molecule has 2 aromatic carbocycles. The summed E-state index contributed by atoms with van der Waals surface area (Å²) in [6.45, 7) is 10.3. The summed E-state index contributed by atoms with van der Waals surface area (Å²) in [6, 6.07) is 13.1. The molecule has 9 nitrogen and oxygen atoms in total. The summed E-state index contributed by atoms with van der Waals surface area (Å²) >= 11 is -2.23. The molecule has 40 heavy (non-hydrogen) atoms. The molecular formula is C30H36N4O5S. The van der Waals surface area contributed by atoms with Gasteiger partial charge in [0.05, 0.1) is 16.6 Å². The number of rotatable bonds is 9.